The van der Waals surface area contributed by atoms with E-state index < -0.39 is 32.5 Å². The van der Waals surface area contributed by atoms with Gasteiger partial charge in [-0.25, -0.2) is 4.57 Å². The Labute approximate surface area is 499 Å². The quantitative estimate of drug-likeness (QED) is 0.0264. The molecular weight excluding hydrogens is 1030 g/mol. The first kappa shape index (κ1) is 77.7. The minimum absolute atomic E-state index is 0.0384. The fourth-order valence-electron chi connectivity index (χ4n) is 9.26. The molecule has 0 bridgehead atoms. The van der Waals surface area contributed by atoms with Crippen molar-refractivity contribution >= 4 is 19.8 Å². The Bertz CT molecular complexity index is 1690. The summed E-state index contributed by atoms with van der Waals surface area (Å²) in [6.07, 6.45) is 90.7. The van der Waals surface area contributed by atoms with Gasteiger partial charge in [0.05, 0.1) is 13.2 Å². The number of hydrogen-bond donors (Lipinski definition) is 2. The maximum Gasteiger partial charge on any atom is 0.472 e. The number of esters is 2. The summed E-state index contributed by atoms with van der Waals surface area (Å²) in [5.41, 5.74) is 5.38. The fourth-order valence-corrected chi connectivity index (χ4v) is 10.0. The van der Waals surface area contributed by atoms with Gasteiger partial charge in [0.25, 0.3) is 0 Å². The predicted octanol–water partition coefficient (Wildman–Crippen LogP) is 21.7. The third-order valence-corrected chi connectivity index (χ3v) is 15.1. The van der Waals surface area contributed by atoms with E-state index in [-0.39, 0.29) is 32.6 Å². The van der Waals surface area contributed by atoms with Crippen LogP contribution in [0, 0.1) is 0 Å². The molecule has 2 atom stereocenters. The van der Waals surface area contributed by atoms with Crippen molar-refractivity contribution in [1.29, 1.82) is 0 Å². The average Bonchev–Trinajstić information content (AvgIpc) is 3.46. The van der Waals surface area contributed by atoms with Crippen molar-refractivity contribution in [1.82, 2.24) is 0 Å². The molecule has 0 saturated carbocycles. The molecule has 0 aliphatic heterocycles. The topological polar surface area (TPSA) is 134 Å². The number of unbranched alkanes of at least 4 members (excludes halogenated alkanes) is 31. The van der Waals surface area contributed by atoms with Gasteiger partial charge in [-0.15, -0.1) is 0 Å². The second-order valence-electron chi connectivity index (χ2n) is 22.0. The van der Waals surface area contributed by atoms with Crippen molar-refractivity contribution in [2.75, 3.05) is 26.4 Å². The van der Waals surface area contributed by atoms with E-state index in [0.29, 0.717) is 6.42 Å². The Kier molecular flexibility index (Phi) is 63.1. The Morgan fingerprint density at radius 3 is 1.06 bits per heavy atom. The van der Waals surface area contributed by atoms with Crippen LogP contribution in [0.5, 0.6) is 0 Å². The van der Waals surface area contributed by atoms with Crippen molar-refractivity contribution < 1.29 is 37.6 Å². The SMILES string of the molecule is CC/C=C\C/C=C\C/C=C\C/C=C\C/C=C\C/C=C\CCC(=O)OC(COC(=O)CCCCCCCCCCCCCCCCCCCCCCCCCCCC/C=C\C/C=C\C/C=C\CCCCCCC)COP(=O)(O)OCCN. The van der Waals surface area contributed by atoms with E-state index in [9.17, 15) is 19.0 Å². The highest BCUT2D eigenvalue weighted by atomic mass is 31.2. The molecule has 3 N–H and O–H groups in total. The van der Waals surface area contributed by atoms with E-state index in [1.807, 2.05) is 12.2 Å². The van der Waals surface area contributed by atoms with Crippen LogP contribution in [-0.4, -0.2) is 49.3 Å². The van der Waals surface area contributed by atoms with Gasteiger partial charge in [0.2, 0.25) is 0 Å². The zero-order valence-corrected chi connectivity index (χ0v) is 53.1. The first-order chi connectivity index (χ1) is 39.8. The average molecular weight is 1150 g/mol. The van der Waals surface area contributed by atoms with Crippen LogP contribution in [0.1, 0.15) is 296 Å². The molecule has 0 heterocycles. The van der Waals surface area contributed by atoms with Gasteiger partial charge in [-0.1, -0.05) is 303 Å². The monoisotopic (exact) mass is 1150 g/mol. The molecule has 0 radical (unpaired) electrons. The molecule has 0 aromatic heterocycles. The van der Waals surface area contributed by atoms with Crippen LogP contribution < -0.4 is 5.73 Å². The standard InChI is InChI=1S/C71H124NO8P/c1-3-5-7-9-11-13-15-17-19-21-23-24-25-26-27-28-29-30-31-32-33-34-35-36-37-38-39-40-41-42-43-44-46-47-49-51-53-55-57-59-61-63-70(73)77-67-69(68-79-81(75,76)78-66-65-72)80-71(74)64-62-60-58-56-54-52-50-48-45-22-20-18-16-14-12-10-8-6-4-2/h6,8,12,14-15,17-18,20-21,23,25-26,45,48,52,54,58,60,69H,3-5,7,9-11,13,16,19,22,24,27-44,46-47,49-51,53,55-57,59,61-68,72H2,1-2H3,(H,75,76)/b8-6-,14-12-,17-15-,20-18-,23-21-,26-25-,48-45-,54-52-,60-58-. The van der Waals surface area contributed by atoms with E-state index in [1.54, 1.807) is 0 Å². The van der Waals surface area contributed by atoms with Crippen LogP contribution in [-0.2, 0) is 32.7 Å². The van der Waals surface area contributed by atoms with Crippen LogP contribution >= 0.6 is 7.82 Å². The molecular formula is C71H124NO8P. The molecule has 0 aliphatic rings. The summed E-state index contributed by atoms with van der Waals surface area (Å²) < 4.78 is 33.0. The number of carbonyl (C=O) groups excluding carboxylic acids is 2. The number of phosphoric acid groups is 1. The van der Waals surface area contributed by atoms with Gasteiger partial charge < -0.3 is 20.1 Å². The lowest BCUT2D eigenvalue weighted by molar-refractivity contribution is -0.161. The number of hydrogen-bond acceptors (Lipinski definition) is 8. The Morgan fingerprint density at radius 2 is 0.704 bits per heavy atom. The molecule has 0 fully saturated rings. The van der Waals surface area contributed by atoms with Crippen molar-refractivity contribution in [3.63, 3.8) is 0 Å². The van der Waals surface area contributed by atoms with Gasteiger partial charge in [0, 0.05) is 19.4 Å². The molecule has 466 valence electrons. The lowest BCUT2D eigenvalue weighted by atomic mass is 10.0. The molecule has 0 saturated heterocycles. The molecule has 2 unspecified atom stereocenters. The number of allylic oxidation sites excluding steroid dienone is 18. The van der Waals surface area contributed by atoms with Gasteiger partial charge in [-0.2, -0.15) is 0 Å². The van der Waals surface area contributed by atoms with Crippen molar-refractivity contribution in [2.45, 2.75) is 302 Å². The molecule has 0 spiro atoms. The number of rotatable bonds is 62. The molecule has 0 amide bonds. The molecule has 10 heteroatoms. The highest BCUT2D eigenvalue weighted by Crippen LogP contribution is 2.43. The summed E-state index contributed by atoms with van der Waals surface area (Å²) in [4.78, 5) is 35.2. The van der Waals surface area contributed by atoms with Crippen LogP contribution in [0.25, 0.3) is 0 Å². The highest BCUT2D eigenvalue weighted by Gasteiger charge is 2.26. The normalized spacial score (nSPS) is 13.7. The van der Waals surface area contributed by atoms with Gasteiger partial charge >= 0.3 is 19.8 Å². The Hall–Kier alpha value is -3.33. The zero-order valence-electron chi connectivity index (χ0n) is 52.2. The van der Waals surface area contributed by atoms with E-state index in [4.69, 9.17) is 24.3 Å². The number of carbonyl (C=O) groups is 2. The first-order valence-corrected chi connectivity index (χ1v) is 34.9. The van der Waals surface area contributed by atoms with Gasteiger partial charge in [0.1, 0.15) is 6.61 Å². The smallest absolute Gasteiger partial charge is 0.462 e. The Balaban J connectivity index is 3.82. The van der Waals surface area contributed by atoms with Crippen LogP contribution in [0.4, 0.5) is 0 Å². The molecule has 9 nitrogen and oxygen atoms in total. The minimum Gasteiger partial charge on any atom is -0.462 e. The zero-order chi connectivity index (χ0) is 58.7. The van der Waals surface area contributed by atoms with Crippen molar-refractivity contribution in [3.05, 3.63) is 109 Å². The van der Waals surface area contributed by atoms with Gasteiger partial charge in [-0.05, 0) is 89.9 Å². The van der Waals surface area contributed by atoms with Gasteiger partial charge in [0.15, 0.2) is 6.10 Å². The van der Waals surface area contributed by atoms with Crippen molar-refractivity contribution in [3.8, 4) is 0 Å². The van der Waals surface area contributed by atoms with Crippen LogP contribution in [0.2, 0.25) is 0 Å². The fraction of sp³-hybridized carbons (Fsp3) is 0.718. The largest absolute Gasteiger partial charge is 0.472 e. The summed E-state index contributed by atoms with van der Waals surface area (Å²) in [5.74, 6) is -0.922. The summed E-state index contributed by atoms with van der Waals surface area (Å²) in [5, 5.41) is 0. The van der Waals surface area contributed by atoms with Gasteiger partial charge in [-0.3, -0.25) is 18.6 Å². The van der Waals surface area contributed by atoms with Crippen LogP contribution in [0.3, 0.4) is 0 Å². The molecule has 0 aromatic carbocycles. The third-order valence-electron chi connectivity index (χ3n) is 14.2. The van der Waals surface area contributed by atoms with E-state index in [2.05, 4.69) is 111 Å². The molecule has 81 heavy (non-hydrogen) atoms. The lowest BCUT2D eigenvalue weighted by Gasteiger charge is -2.19. The molecule has 0 aliphatic carbocycles. The van der Waals surface area contributed by atoms with E-state index >= 15 is 0 Å². The lowest BCUT2D eigenvalue weighted by Crippen LogP contribution is -2.29. The summed E-state index contributed by atoms with van der Waals surface area (Å²) >= 11 is 0. The second kappa shape index (κ2) is 65.8. The predicted molar refractivity (Wildman–Crippen MR) is 348 cm³/mol. The van der Waals surface area contributed by atoms with E-state index in [1.165, 1.54) is 193 Å². The maximum atomic E-state index is 12.7. The number of phosphoric ester groups is 1. The summed E-state index contributed by atoms with van der Waals surface area (Å²) in [6, 6.07) is 0. The number of ether oxygens (including phenoxy) is 2. The molecule has 0 aromatic rings. The second-order valence-corrected chi connectivity index (χ2v) is 23.4. The third kappa shape index (κ3) is 65.7. The molecule has 0 rings (SSSR count). The highest BCUT2D eigenvalue weighted by molar-refractivity contribution is 7.47. The van der Waals surface area contributed by atoms with E-state index in [0.717, 1.165) is 70.6 Å². The number of nitrogens with two attached hydrogens (primary N) is 1. The minimum atomic E-state index is -4.41. The Morgan fingerprint density at radius 1 is 0.383 bits per heavy atom. The summed E-state index contributed by atoms with van der Waals surface area (Å²) in [7, 11) is -4.41. The van der Waals surface area contributed by atoms with Crippen molar-refractivity contribution in [2.24, 2.45) is 5.73 Å². The summed E-state index contributed by atoms with van der Waals surface area (Å²) in [6.45, 7) is 3.54. The maximum absolute atomic E-state index is 12.7. The first-order valence-electron chi connectivity index (χ1n) is 33.4. The van der Waals surface area contributed by atoms with Crippen LogP contribution in [0.15, 0.2) is 109 Å².